The first-order chi connectivity index (χ1) is 6.11. The van der Waals surface area contributed by atoms with Crippen LogP contribution in [0.4, 0.5) is 5.69 Å². The number of carbonyl (C=O) groups is 1. The van der Waals surface area contributed by atoms with Crippen LogP contribution in [0.3, 0.4) is 0 Å². The molecule has 4 heteroatoms. The predicted molar refractivity (Wildman–Crippen MR) is 58.4 cm³/mol. The van der Waals surface area contributed by atoms with E-state index in [0.717, 1.165) is 5.56 Å². The Morgan fingerprint density at radius 2 is 2.15 bits per heavy atom. The highest BCUT2D eigenvalue weighted by atomic mass is 79.9. The van der Waals surface area contributed by atoms with Gasteiger partial charge >= 0.3 is 0 Å². The number of hydrogen-bond acceptors (Lipinski definition) is 2. The van der Waals surface area contributed by atoms with Gasteiger partial charge in [-0.1, -0.05) is 27.5 Å². The molecule has 0 heterocycles. The number of ketones is 1. The smallest absolute Gasteiger partial charge is 0.147 e. The number of halogens is 2. The van der Waals surface area contributed by atoms with Crippen LogP contribution in [0.5, 0.6) is 0 Å². The molecule has 0 aliphatic carbocycles. The maximum atomic E-state index is 11.1. The van der Waals surface area contributed by atoms with Crippen molar-refractivity contribution in [1.82, 2.24) is 0 Å². The molecule has 1 aromatic rings. The van der Waals surface area contributed by atoms with Crippen LogP contribution in [0.2, 0.25) is 5.02 Å². The summed E-state index contributed by atoms with van der Waals surface area (Å²) in [7, 11) is 0. The average Bonchev–Trinajstić information content (AvgIpc) is 2.02. The van der Waals surface area contributed by atoms with Gasteiger partial charge in [0, 0.05) is 17.1 Å². The second-order valence-corrected chi connectivity index (χ2v) is 3.74. The van der Waals surface area contributed by atoms with Gasteiger partial charge in [-0.25, -0.2) is 0 Å². The molecule has 0 spiro atoms. The van der Waals surface area contributed by atoms with Crippen molar-refractivity contribution in [2.24, 2.45) is 0 Å². The van der Waals surface area contributed by atoms with E-state index in [4.69, 9.17) is 17.3 Å². The number of Topliss-reactive ketones (excluding diaryl/α,β-unsaturated/α-hetero) is 1. The quantitative estimate of drug-likeness (QED) is 0.671. The van der Waals surface area contributed by atoms with Gasteiger partial charge in [-0.15, -0.1) is 0 Å². The fourth-order valence-electron chi connectivity index (χ4n) is 1.05. The summed E-state index contributed by atoms with van der Waals surface area (Å²) in [5.74, 6) is 0.113. The van der Waals surface area contributed by atoms with E-state index >= 15 is 0 Å². The number of rotatable bonds is 3. The molecule has 0 saturated carbocycles. The first kappa shape index (κ1) is 10.5. The van der Waals surface area contributed by atoms with E-state index in [-0.39, 0.29) is 5.78 Å². The summed E-state index contributed by atoms with van der Waals surface area (Å²) in [6, 6.07) is 5.16. The van der Waals surface area contributed by atoms with Gasteiger partial charge in [0.15, 0.2) is 0 Å². The predicted octanol–water partition coefficient (Wildman–Crippen LogP) is 2.43. The Hall–Kier alpha value is -0.540. The largest absolute Gasteiger partial charge is 0.399 e. The molecule has 1 rings (SSSR count). The number of nitrogen functional groups attached to an aromatic ring is 1. The van der Waals surface area contributed by atoms with Crippen molar-refractivity contribution in [1.29, 1.82) is 0 Å². The third kappa shape index (κ3) is 3.36. The van der Waals surface area contributed by atoms with Gasteiger partial charge in [0.05, 0.1) is 5.33 Å². The summed E-state index contributed by atoms with van der Waals surface area (Å²) in [4.78, 5) is 11.1. The molecule has 0 unspecified atom stereocenters. The highest BCUT2D eigenvalue weighted by molar-refractivity contribution is 9.09. The van der Waals surface area contributed by atoms with Gasteiger partial charge < -0.3 is 5.73 Å². The minimum atomic E-state index is 0.113. The van der Waals surface area contributed by atoms with Crippen LogP contribution in [0.25, 0.3) is 0 Å². The van der Waals surface area contributed by atoms with Crippen molar-refractivity contribution < 1.29 is 4.79 Å². The molecule has 0 radical (unpaired) electrons. The normalized spacial score (nSPS) is 10.0. The van der Waals surface area contributed by atoms with Crippen molar-refractivity contribution in [3.8, 4) is 0 Å². The van der Waals surface area contributed by atoms with Crippen LogP contribution in [0.15, 0.2) is 18.2 Å². The van der Waals surface area contributed by atoms with Gasteiger partial charge in [0.25, 0.3) is 0 Å². The number of carbonyl (C=O) groups excluding carboxylic acids is 1. The Balaban J connectivity index is 2.83. The monoisotopic (exact) mass is 261 g/mol. The maximum Gasteiger partial charge on any atom is 0.147 e. The van der Waals surface area contributed by atoms with Crippen molar-refractivity contribution in [3.63, 3.8) is 0 Å². The summed E-state index contributed by atoms with van der Waals surface area (Å²) >= 11 is 8.87. The van der Waals surface area contributed by atoms with Gasteiger partial charge in [-0.3, -0.25) is 4.79 Å². The van der Waals surface area contributed by atoms with E-state index in [1.807, 2.05) is 0 Å². The average molecular weight is 263 g/mol. The molecule has 2 nitrogen and oxygen atoms in total. The van der Waals surface area contributed by atoms with Crippen LogP contribution in [0.1, 0.15) is 5.56 Å². The molecular weight excluding hydrogens is 253 g/mol. The first-order valence-electron chi connectivity index (χ1n) is 3.74. The van der Waals surface area contributed by atoms with Crippen LogP contribution in [-0.2, 0) is 11.2 Å². The van der Waals surface area contributed by atoms with Crippen LogP contribution in [0, 0.1) is 0 Å². The zero-order valence-electron chi connectivity index (χ0n) is 6.89. The highest BCUT2D eigenvalue weighted by Crippen LogP contribution is 2.17. The number of benzene rings is 1. The molecule has 0 fully saturated rings. The minimum absolute atomic E-state index is 0.113. The summed E-state index contributed by atoms with van der Waals surface area (Å²) in [6.45, 7) is 0. The number of hydrogen-bond donors (Lipinski definition) is 1. The SMILES string of the molecule is Nc1cc(Cl)cc(CC(=O)CBr)c1. The van der Waals surface area contributed by atoms with Gasteiger partial charge in [-0.2, -0.15) is 0 Å². The third-order valence-corrected chi connectivity index (χ3v) is 2.37. The minimum Gasteiger partial charge on any atom is -0.399 e. The van der Waals surface area contributed by atoms with E-state index < -0.39 is 0 Å². The Bertz CT molecular complexity index is 307. The van der Waals surface area contributed by atoms with Crippen LogP contribution in [-0.4, -0.2) is 11.1 Å². The van der Waals surface area contributed by atoms with Crippen molar-refractivity contribution in [2.75, 3.05) is 11.1 Å². The summed E-state index contributed by atoms with van der Waals surface area (Å²) in [5, 5.41) is 0.928. The Kier molecular flexibility index (Phi) is 3.75. The van der Waals surface area contributed by atoms with Gasteiger partial charge in [0.1, 0.15) is 5.78 Å². The molecule has 0 amide bonds. The van der Waals surface area contributed by atoms with Crippen LogP contribution < -0.4 is 5.73 Å². The molecule has 0 aliphatic rings. The van der Waals surface area contributed by atoms with E-state index in [1.54, 1.807) is 18.2 Å². The first-order valence-corrected chi connectivity index (χ1v) is 5.24. The Labute approximate surface area is 90.2 Å². The number of anilines is 1. The molecule has 13 heavy (non-hydrogen) atoms. The second kappa shape index (κ2) is 4.63. The Morgan fingerprint density at radius 1 is 1.46 bits per heavy atom. The molecule has 70 valence electrons. The molecule has 0 bridgehead atoms. The summed E-state index contributed by atoms with van der Waals surface area (Å²) in [6.07, 6.45) is 0.371. The lowest BCUT2D eigenvalue weighted by atomic mass is 10.1. The van der Waals surface area contributed by atoms with Gasteiger partial charge in [-0.05, 0) is 23.8 Å². The zero-order chi connectivity index (χ0) is 9.84. The van der Waals surface area contributed by atoms with E-state index in [9.17, 15) is 4.79 Å². The molecule has 2 N–H and O–H groups in total. The van der Waals surface area contributed by atoms with E-state index in [1.165, 1.54) is 0 Å². The zero-order valence-corrected chi connectivity index (χ0v) is 9.23. The lowest BCUT2D eigenvalue weighted by molar-refractivity contribution is -0.115. The van der Waals surface area contributed by atoms with Crippen LogP contribution >= 0.6 is 27.5 Å². The van der Waals surface area contributed by atoms with Crippen molar-refractivity contribution >= 4 is 39.0 Å². The molecule has 0 aromatic heterocycles. The van der Waals surface area contributed by atoms with Crippen molar-refractivity contribution in [3.05, 3.63) is 28.8 Å². The molecule has 0 saturated heterocycles. The highest BCUT2D eigenvalue weighted by Gasteiger charge is 2.03. The molecule has 1 aromatic carbocycles. The molecule has 0 atom stereocenters. The topological polar surface area (TPSA) is 43.1 Å². The summed E-state index contributed by atoms with van der Waals surface area (Å²) in [5.41, 5.74) is 7.01. The van der Waals surface area contributed by atoms with Crippen molar-refractivity contribution in [2.45, 2.75) is 6.42 Å². The van der Waals surface area contributed by atoms with E-state index in [2.05, 4.69) is 15.9 Å². The number of nitrogens with two attached hydrogens (primary N) is 1. The fourth-order valence-corrected chi connectivity index (χ4v) is 1.52. The van der Waals surface area contributed by atoms with Gasteiger partial charge in [0.2, 0.25) is 0 Å². The lowest BCUT2D eigenvalue weighted by Gasteiger charge is -2.01. The maximum absolute atomic E-state index is 11.1. The fraction of sp³-hybridized carbons (Fsp3) is 0.222. The van der Waals surface area contributed by atoms with E-state index in [0.29, 0.717) is 22.5 Å². The number of alkyl halides is 1. The molecular formula is C9H9BrClNO. The third-order valence-electron chi connectivity index (χ3n) is 1.53. The molecule has 0 aliphatic heterocycles. The second-order valence-electron chi connectivity index (χ2n) is 2.74. The standard InChI is InChI=1S/C9H9BrClNO/c10-5-9(13)3-6-1-7(11)4-8(12)2-6/h1-2,4H,3,5,12H2. The lowest BCUT2D eigenvalue weighted by Crippen LogP contribution is -2.03. The summed E-state index contributed by atoms with van der Waals surface area (Å²) < 4.78 is 0. The Morgan fingerprint density at radius 3 is 2.69 bits per heavy atom.